The minimum absolute atomic E-state index is 0.121. The first kappa shape index (κ1) is 11.5. The Morgan fingerprint density at radius 1 is 1.33 bits per heavy atom. The second-order valence-corrected chi connectivity index (χ2v) is 6.92. The molecule has 0 spiro atoms. The molecule has 0 radical (unpaired) electrons. The van der Waals surface area contributed by atoms with E-state index in [4.69, 9.17) is 5.73 Å². The molecule has 7 heteroatoms. The molecule has 1 saturated heterocycles. The molecule has 1 aliphatic rings. The molecular weight excluding hydrogens is 252 g/mol. The maximum absolute atomic E-state index is 11.4. The van der Waals surface area contributed by atoms with Crippen LogP contribution in [-0.4, -0.2) is 34.5 Å². The van der Waals surface area contributed by atoms with Gasteiger partial charge in [-0.2, -0.15) is 5.10 Å². The Balaban J connectivity index is 1.98. The molecule has 1 fully saturated rings. The topological polar surface area (TPSA) is 90.4 Å². The summed E-state index contributed by atoms with van der Waals surface area (Å²) in [5, 5.41) is 4.42. The molecule has 3 heterocycles. The van der Waals surface area contributed by atoms with Gasteiger partial charge in [0.2, 0.25) is 0 Å². The smallest absolute Gasteiger partial charge is 0.178 e. The normalized spacial score (nSPS) is 20.2. The number of nitrogens with two attached hydrogens (primary N) is 1. The van der Waals surface area contributed by atoms with Gasteiger partial charge in [0.05, 0.1) is 17.2 Å². The van der Waals surface area contributed by atoms with Gasteiger partial charge in [-0.15, -0.1) is 0 Å². The van der Waals surface area contributed by atoms with Crippen molar-refractivity contribution in [2.24, 2.45) is 0 Å². The quantitative estimate of drug-likeness (QED) is 0.816. The number of hydrogen-bond acceptors (Lipinski definition) is 5. The first-order chi connectivity index (χ1) is 8.57. The van der Waals surface area contributed by atoms with Crippen LogP contribution in [0.3, 0.4) is 0 Å². The van der Waals surface area contributed by atoms with E-state index < -0.39 is 9.84 Å². The number of anilines is 1. The molecule has 0 amide bonds. The van der Waals surface area contributed by atoms with Gasteiger partial charge < -0.3 is 5.73 Å². The monoisotopic (exact) mass is 266 g/mol. The van der Waals surface area contributed by atoms with Gasteiger partial charge in [0.15, 0.2) is 5.65 Å². The Bertz CT molecular complexity index is 678. The fourth-order valence-electron chi connectivity index (χ4n) is 2.39. The maximum atomic E-state index is 11.4. The summed E-state index contributed by atoms with van der Waals surface area (Å²) in [7, 11) is -2.86. The number of hydrogen-bond donors (Lipinski definition) is 1. The second-order valence-electron chi connectivity index (χ2n) is 4.61. The highest BCUT2D eigenvalue weighted by molar-refractivity contribution is 7.91. The van der Waals surface area contributed by atoms with Crippen molar-refractivity contribution in [1.29, 1.82) is 0 Å². The van der Waals surface area contributed by atoms with Gasteiger partial charge in [0.1, 0.15) is 15.5 Å². The minimum Gasteiger partial charge on any atom is -0.394 e. The highest BCUT2D eigenvalue weighted by Gasteiger charge is 2.28. The molecule has 0 aromatic carbocycles. The lowest BCUT2D eigenvalue weighted by molar-refractivity contribution is 0.543. The predicted octanol–water partition coefficient (Wildman–Crippen LogP) is 0.604. The number of nitrogen functional groups attached to an aromatic ring is 1. The molecule has 0 saturated carbocycles. The summed E-state index contributed by atoms with van der Waals surface area (Å²) >= 11 is 0. The highest BCUT2D eigenvalue weighted by Crippen LogP contribution is 2.32. The number of sulfone groups is 1. The van der Waals surface area contributed by atoms with Crippen molar-refractivity contribution in [3.63, 3.8) is 0 Å². The van der Waals surface area contributed by atoms with Gasteiger partial charge >= 0.3 is 0 Å². The van der Waals surface area contributed by atoms with Crippen molar-refractivity contribution < 1.29 is 8.42 Å². The van der Waals surface area contributed by atoms with Crippen LogP contribution in [0.1, 0.15) is 24.5 Å². The average molecular weight is 266 g/mol. The van der Waals surface area contributed by atoms with E-state index in [1.807, 2.05) is 0 Å². The van der Waals surface area contributed by atoms with E-state index in [1.54, 1.807) is 23.0 Å². The highest BCUT2D eigenvalue weighted by atomic mass is 32.2. The van der Waals surface area contributed by atoms with Crippen LogP contribution in [0.25, 0.3) is 5.65 Å². The predicted molar refractivity (Wildman–Crippen MR) is 68.0 cm³/mol. The summed E-state index contributed by atoms with van der Waals surface area (Å²) in [6, 6.07) is 1.79. The van der Waals surface area contributed by atoms with E-state index in [0.717, 1.165) is 5.69 Å². The van der Waals surface area contributed by atoms with E-state index >= 15 is 0 Å². The fourth-order valence-corrected chi connectivity index (χ4v) is 3.88. The van der Waals surface area contributed by atoms with Crippen LogP contribution < -0.4 is 5.73 Å². The summed E-state index contributed by atoms with van der Waals surface area (Å²) in [6.45, 7) is 0. The van der Waals surface area contributed by atoms with Crippen LogP contribution in [0.15, 0.2) is 18.5 Å². The first-order valence-electron chi connectivity index (χ1n) is 5.86. The average Bonchev–Trinajstić information content (AvgIpc) is 2.68. The largest absolute Gasteiger partial charge is 0.394 e. The summed E-state index contributed by atoms with van der Waals surface area (Å²) in [5.74, 6) is 0.562. The van der Waals surface area contributed by atoms with Crippen molar-refractivity contribution >= 4 is 21.2 Å². The Hall–Kier alpha value is -1.63. The zero-order chi connectivity index (χ0) is 12.8. The number of fused-ring (bicyclic) bond motifs is 1. The van der Waals surface area contributed by atoms with Crippen molar-refractivity contribution in [2.75, 3.05) is 17.2 Å². The summed E-state index contributed by atoms with van der Waals surface area (Å²) in [5.41, 5.74) is 8.03. The molecule has 0 unspecified atom stereocenters. The van der Waals surface area contributed by atoms with Crippen LogP contribution in [0.4, 0.5) is 5.69 Å². The summed E-state index contributed by atoms with van der Waals surface area (Å²) in [6.07, 6.45) is 4.65. The third kappa shape index (κ3) is 1.84. The number of nitrogens with zero attached hydrogens (tertiary/aromatic N) is 3. The molecular formula is C11H14N4O2S. The molecule has 6 nitrogen and oxygen atoms in total. The number of aromatic nitrogens is 3. The van der Waals surface area contributed by atoms with Gasteiger partial charge in [0.25, 0.3) is 0 Å². The molecule has 96 valence electrons. The lowest BCUT2D eigenvalue weighted by Crippen LogP contribution is -2.22. The second kappa shape index (κ2) is 3.94. The molecule has 0 aliphatic carbocycles. The van der Waals surface area contributed by atoms with Crippen LogP contribution in [0.5, 0.6) is 0 Å². The Morgan fingerprint density at radius 3 is 2.72 bits per heavy atom. The zero-order valence-electron chi connectivity index (χ0n) is 9.78. The third-order valence-corrected chi connectivity index (χ3v) is 5.12. The van der Waals surface area contributed by atoms with Crippen molar-refractivity contribution in [2.45, 2.75) is 18.8 Å². The van der Waals surface area contributed by atoms with Gasteiger partial charge in [-0.1, -0.05) is 0 Å². The molecule has 2 aromatic rings. The SMILES string of the molecule is Nc1c(C2CCS(=O)(=O)CC2)nn2cccnc12. The van der Waals surface area contributed by atoms with Gasteiger partial charge in [0, 0.05) is 18.3 Å². The molecule has 0 bridgehead atoms. The van der Waals surface area contributed by atoms with Crippen LogP contribution >= 0.6 is 0 Å². The van der Waals surface area contributed by atoms with Gasteiger partial charge in [-0.3, -0.25) is 0 Å². The Labute approximate surface area is 105 Å². The van der Waals surface area contributed by atoms with Crippen molar-refractivity contribution in [3.8, 4) is 0 Å². The Kier molecular flexibility index (Phi) is 2.51. The first-order valence-corrected chi connectivity index (χ1v) is 7.68. The van der Waals surface area contributed by atoms with E-state index in [-0.39, 0.29) is 17.4 Å². The van der Waals surface area contributed by atoms with Crippen LogP contribution in [0, 0.1) is 0 Å². The molecule has 2 N–H and O–H groups in total. The molecule has 1 aliphatic heterocycles. The number of rotatable bonds is 1. The molecule has 3 rings (SSSR count). The summed E-state index contributed by atoms with van der Waals surface area (Å²) in [4.78, 5) is 4.18. The lowest BCUT2D eigenvalue weighted by Gasteiger charge is -2.20. The van der Waals surface area contributed by atoms with E-state index in [1.165, 1.54) is 0 Å². The Morgan fingerprint density at radius 2 is 2.06 bits per heavy atom. The van der Waals surface area contributed by atoms with Gasteiger partial charge in [-0.25, -0.2) is 17.9 Å². The fraction of sp³-hybridized carbons (Fsp3) is 0.455. The summed E-state index contributed by atoms with van der Waals surface area (Å²) < 4.78 is 24.5. The maximum Gasteiger partial charge on any atom is 0.178 e. The van der Waals surface area contributed by atoms with E-state index in [0.29, 0.717) is 24.2 Å². The molecule has 2 aromatic heterocycles. The minimum atomic E-state index is -2.86. The third-order valence-electron chi connectivity index (χ3n) is 3.40. The molecule has 18 heavy (non-hydrogen) atoms. The van der Waals surface area contributed by atoms with Crippen molar-refractivity contribution in [3.05, 3.63) is 24.2 Å². The van der Waals surface area contributed by atoms with Crippen LogP contribution in [0.2, 0.25) is 0 Å². The van der Waals surface area contributed by atoms with E-state index in [2.05, 4.69) is 10.1 Å². The van der Waals surface area contributed by atoms with E-state index in [9.17, 15) is 8.42 Å². The molecule has 0 atom stereocenters. The van der Waals surface area contributed by atoms with Crippen LogP contribution in [-0.2, 0) is 9.84 Å². The zero-order valence-corrected chi connectivity index (χ0v) is 10.6. The van der Waals surface area contributed by atoms with Crippen molar-refractivity contribution in [1.82, 2.24) is 14.6 Å². The lowest BCUT2D eigenvalue weighted by atomic mass is 9.98. The van der Waals surface area contributed by atoms with Gasteiger partial charge in [-0.05, 0) is 18.9 Å². The standard InChI is InChI=1S/C11H14N4O2S/c12-9-10(8-2-6-18(16,17)7-3-8)14-15-5-1-4-13-11(9)15/h1,4-5,8H,2-3,6-7,12H2.